The predicted octanol–water partition coefficient (Wildman–Crippen LogP) is 2.79. The largest absolute Gasteiger partial charge is 0.504 e. The number of thioether (sulfide) groups is 1. The van der Waals surface area contributed by atoms with Crippen LogP contribution in [0, 0.1) is 0 Å². The van der Waals surface area contributed by atoms with E-state index in [1.165, 1.54) is 7.11 Å². The first-order valence-electron chi connectivity index (χ1n) is 8.98. The van der Waals surface area contributed by atoms with Crippen molar-refractivity contribution < 1.29 is 24.2 Å². The molecule has 7 nitrogen and oxygen atoms in total. The number of hydrogen-bond acceptors (Lipinski definition) is 6. The van der Waals surface area contributed by atoms with E-state index >= 15 is 0 Å². The van der Waals surface area contributed by atoms with E-state index in [1.54, 1.807) is 29.2 Å². The van der Waals surface area contributed by atoms with Gasteiger partial charge in [-0.3, -0.25) is 19.3 Å². The molecule has 2 heterocycles. The van der Waals surface area contributed by atoms with E-state index < -0.39 is 11.1 Å². The maximum absolute atomic E-state index is 12.7. The summed E-state index contributed by atoms with van der Waals surface area (Å²) in [6.45, 7) is 4.77. The van der Waals surface area contributed by atoms with Gasteiger partial charge >= 0.3 is 0 Å². The molecular formula is C20H22N2O5S. The zero-order chi connectivity index (χ0) is 20.3. The highest BCUT2D eigenvalue weighted by Crippen LogP contribution is 2.36. The van der Waals surface area contributed by atoms with Crippen molar-refractivity contribution in [2.75, 3.05) is 26.7 Å². The van der Waals surface area contributed by atoms with Crippen LogP contribution < -0.4 is 4.74 Å². The van der Waals surface area contributed by atoms with Crippen LogP contribution in [0.25, 0.3) is 6.08 Å². The number of phenols is 1. The first-order chi connectivity index (χ1) is 13.4. The smallest absolute Gasteiger partial charge is 0.294 e. The summed E-state index contributed by atoms with van der Waals surface area (Å²) in [7, 11) is 1.44. The van der Waals surface area contributed by atoms with Crippen LogP contribution in [0.4, 0.5) is 4.79 Å². The fourth-order valence-corrected chi connectivity index (χ4v) is 4.07. The number of imide groups is 1. The van der Waals surface area contributed by atoms with Crippen molar-refractivity contribution in [1.82, 2.24) is 9.80 Å². The highest BCUT2D eigenvalue weighted by Gasteiger charge is 2.37. The zero-order valence-electron chi connectivity index (χ0n) is 15.6. The molecule has 0 unspecified atom stereocenters. The van der Waals surface area contributed by atoms with Gasteiger partial charge in [0.05, 0.1) is 12.0 Å². The Balaban J connectivity index is 1.82. The van der Waals surface area contributed by atoms with Gasteiger partial charge in [0.1, 0.15) is 6.54 Å². The van der Waals surface area contributed by atoms with Crippen molar-refractivity contribution in [3.8, 4) is 11.5 Å². The van der Waals surface area contributed by atoms with Crippen molar-refractivity contribution in [2.45, 2.75) is 19.3 Å². The molecule has 0 radical (unpaired) electrons. The molecule has 3 rings (SSSR count). The van der Waals surface area contributed by atoms with Gasteiger partial charge in [-0.05, 0) is 54.8 Å². The van der Waals surface area contributed by atoms with Crippen LogP contribution in [-0.2, 0) is 16.0 Å². The molecule has 8 heteroatoms. The van der Waals surface area contributed by atoms with Crippen LogP contribution in [0.15, 0.2) is 29.7 Å². The summed E-state index contributed by atoms with van der Waals surface area (Å²) in [5, 5.41) is 9.72. The quantitative estimate of drug-likeness (QED) is 0.582. The summed E-state index contributed by atoms with van der Waals surface area (Å²) in [6.07, 6.45) is 5.54. The van der Waals surface area contributed by atoms with Crippen LogP contribution in [0.2, 0.25) is 0 Å². The third kappa shape index (κ3) is 4.06. The summed E-state index contributed by atoms with van der Waals surface area (Å²) in [5.41, 5.74) is 1.21. The maximum atomic E-state index is 12.7. The van der Waals surface area contributed by atoms with E-state index in [4.69, 9.17) is 4.74 Å². The van der Waals surface area contributed by atoms with Gasteiger partial charge in [-0.25, -0.2) is 0 Å². The van der Waals surface area contributed by atoms with E-state index in [-0.39, 0.29) is 28.9 Å². The fourth-order valence-electron chi connectivity index (χ4n) is 3.23. The highest BCUT2D eigenvalue weighted by molar-refractivity contribution is 8.18. The fraction of sp³-hybridized carbons (Fsp3) is 0.350. The van der Waals surface area contributed by atoms with E-state index in [2.05, 4.69) is 6.58 Å². The van der Waals surface area contributed by atoms with Gasteiger partial charge in [-0.1, -0.05) is 6.08 Å². The summed E-state index contributed by atoms with van der Waals surface area (Å²) in [5.74, 6) is -0.404. The lowest BCUT2D eigenvalue weighted by molar-refractivity contribution is -0.135. The number of hydrogen-bond donors (Lipinski definition) is 1. The number of ether oxygens (including phenoxy) is 1. The molecule has 2 saturated heterocycles. The number of carbonyl (C=O) groups excluding carboxylic acids is 3. The average Bonchev–Trinajstić information content (AvgIpc) is 3.29. The van der Waals surface area contributed by atoms with Crippen LogP contribution in [0.5, 0.6) is 11.5 Å². The number of likely N-dealkylation sites (tertiary alicyclic amines) is 1. The normalized spacial score (nSPS) is 18.2. The van der Waals surface area contributed by atoms with Crippen LogP contribution in [-0.4, -0.2) is 58.7 Å². The van der Waals surface area contributed by atoms with Crippen molar-refractivity contribution in [3.63, 3.8) is 0 Å². The molecule has 1 N–H and O–H groups in total. The molecular weight excluding hydrogens is 380 g/mol. The standard InChI is InChI=1S/C20H22N2O5S/c1-3-6-14-9-13(10-15(27-2)18(14)24)11-16-19(25)22(20(26)28-16)12-17(23)21-7-4-5-8-21/h3,9-11,24H,1,4-8,12H2,2H3/b16-11-. The Morgan fingerprint density at radius 1 is 1.32 bits per heavy atom. The monoisotopic (exact) mass is 402 g/mol. The minimum absolute atomic E-state index is 0.0175. The number of allylic oxidation sites excluding steroid dienone is 1. The second-order valence-corrected chi connectivity index (χ2v) is 7.57. The molecule has 0 spiro atoms. The van der Waals surface area contributed by atoms with Crippen LogP contribution in [0.1, 0.15) is 24.0 Å². The molecule has 1 aromatic rings. The number of carbonyl (C=O) groups is 3. The van der Waals surface area contributed by atoms with Gasteiger partial charge in [0.15, 0.2) is 11.5 Å². The molecule has 28 heavy (non-hydrogen) atoms. The average molecular weight is 402 g/mol. The Labute approximate surface area is 167 Å². The number of benzene rings is 1. The van der Waals surface area contributed by atoms with Crippen LogP contribution >= 0.6 is 11.8 Å². The SMILES string of the molecule is C=CCc1cc(/C=C2\SC(=O)N(CC(=O)N3CCCC3)C2=O)cc(OC)c1O. The van der Waals surface area contributed by atoms with Crippen molar-refractivity contribution in [3.05, 3.63) is 40.8 Å². The zero-order valence-corrected chi connectivity index (χ0v) is 16.5. The van der Waals surface area contributed by atoms with Crippen molar-refractivity contribution >= 4 is 34.9 Å². The molecule has 2 aliphatic rings. The van der Waals surface area contributed by atoms with Crippen molar-refractivity contribution in [2.24, 2.45) is 0 Å². The maximum Gasteiger partial charge on any atom is 0.294 e. The molecule has 2 fully saturated rings. The molecule has 0 atom stereocenters. The highest BCUT2D eigenvalue weighted by atomic mass is 32.2. The Morgan fingerprint density at radius 3 is 2.68 bits per heavy atom. The number of rotatable bonds is 6. The third-order valence-electron chi connectivity index (χ3n) is 4.68. The number of aromatic hydroxyl groups is 1. The van der Waals surface area contributed by atoms with E-state index in [0.717, 1.165) is 29.5 Å². The predicted molar refractivity (Wildman–Crippen MR) is 107 cm³/mol. The summed E-state index contributed by atoms with van der Waals surface area (Å²) < 4.78 is 5.18. The lowest BCUT2D eigenvalue weighted by Gasteiger charge is -2.18. The van der Waals surface area contributed by atoms with Gasteiger partial charge in [0, 0.05) is 18.7 Å². The summed E-state index contributed by atoms with van der Waals surface area (Å²) in [4.78, 5) is 40.1. The molecule has 0 saturated carbocycles. The molecule has 148 valence electrons. The Hall–Kier alpha value is -2.74. The molecule has 0 bridgehead atoms. The number of methoxy groups -OCH3 is 1. The number of nitrogens with zero attached hydrogens (tertiary/aromatic N) is 2. The molecule has 3 amide bonds. The lowest BCUT2D eigenvalue weighted by atomic mass is 10.1. The van der Waals surface area contributed by atoms with Gasteiger partial charge in [0.25, 0.3) is 11.1 Å². The Morgan fingerprint density at radius 2 is 2.04 bits per heavy atom. The number of amides is 3. The third-order valence-corrected chi connectivity index (χ3v) is 5.59. The summed E-state index contributed by atoms with van der Waals surface area (Å²) >= 11 is 0.802. The van der Waals surface area contributed by atoms with E-state index in [1.807, 2.05) is 0 Å². The molecule has 2 aliphatic heterocycles. The molecule has 1 aromatic carbocycles. The van der Waals surface area contributed by atoms with Gasteiger partial charge < -0.3 is 14.7 Å². The molecule has 0 aliphatic carbocycles. The minimum Gasteiger partial charge on any atom is -0.504 e. The van der Waals surface area contributed by atoms with E-state index in [0.29, 0.717) is 30.6 Å². The number of phenolic OH excluding ortho intramolecular Hbond substituents is 1. The second kappa shape index (κ2) is 8.52. The minimum atomic E-state index is -0.486. The Kier molecular flexibility index (Phi) is 6.08. The van der Waals surface area contributed by atoms with Crippen molar-refractivity contribution in [1.29, 1.82) is 0 Å². The van der Waals surface area contributed by atoms with Gasteiger partial charge in [-0.2, -0.15) is 0 Å². The summed E-state index contributed by atoms with van der Waals surface area (Å²) in [6, 6.07) is 3.30. The van der Waals surface area contributed by atoms with Gasteiger partial charge in [0.2, 0.25) is 5.91 Å². The van der Waals surface area contributed by atoms with Crippen LogP contribution in [0.3, 0.4) is 0 Å². The Bertz CT molecular complexity index is 858. The first-order valence-corrected chi connectivity index (χ1v) is 9.80. The van der Waals surface area contributed by atoms with Gasteiger partial charge in [-0.15, -0.1) is 6.58 Å². The second-order valence-electron chi connectivity index (χ2n) is 6.58. The first kappa shape index (κ1) is 20.0. The lowest BCUT2D eigenvalue weighted by Crippen LogP contribution is -2.40. The molecule has 0 aromatic heterocycles. The van der Waals surface area contributed by atoms with E-state index in [9.17, 15) is 19.5 Å². The topological polar surface area (TPSA) is 87.2 Å².